The molecule has 1 saturated heterocycles. The SMILES string of the molecule is CCOC(=O)c1cc(OC(F)(F)F)c(CN2CCCC2)cc1[N+](=O)[O-].CNC(=O)OC(C)(C)C. The predicted octanol–water partition coefficient (Wildman–Crippen LogP) is 4.41. The van der Waals surface area contributed by atoms with Crippen LogP contribution >= 0.6 is 0 Å². The minimum Gasteiger partial charge on any atom is -0.462 e. The van der Waals surface area contributed by atoms with Gasteiger partial charge in [-0.1, -0.05) is 0 Å². The first-order valence-electron chi connectivity index (χ1n) is 10.5. The summed E-state index contributed by atoms with van der Waals surface area (Å²) in [6.07, 6.45) is -3.57. The third-order valence-corrected chi connectivity index (χ3v) is 4.29. The number of alkyl halides is 3. The molecule has 1 fully saturated rings. The molecule has 1 aromatic rings. The maximum atomic E-state index is 12.7. The van der Waals surface area contributed by atoms with Crippen molar-refractivity contribution in [2.24, 2.45) is 0 Å². The molecule has 2 rings (SSSR count). The number of rotatable bonds is 6. The summed E-state index contributed by atoms with van der Waals surface area (Å²) in [6, 6.07) is 1.68. The van der Waals surface area contributed by atoms with Crippen molar-refractivity contribution in [1.82, 2.24) is 10.2 Å². The van der Waals surface area contributed by atoms with Crippen LogP contribution in [0.4, 0.5) is 23.7 Å². The molecule has 0 bridgehead atoms. The highest BCUT2D eigenvalue weighted by molar-refractivity contribution is 5.94. The molecule has 1 aliphatic rings. The van der Waals surface area contributed by atoms with Crippen molar-refractivity contribution in [2.75, 3.05) is 26.7 Å². The number of benzene rings is 1. The van der Waals surface area contributed by atoms with E-state index in [2.05, 4.69) is 14.8 Å². The van der Waals surface area contributed by atoms with Gasteiger partial charge in [0.05, 0.1) is 11.5 Å². The number of nitro benzene ring substituents is 1. The van der Waals surface area contributed by atoms with Crippen molar-refractivity contribution in [1.29, 1.82) is 0 Å². The number of nitrogens with one attached hydrogen (secondary N) is 1. The van der Waals surface area contributed by atoms with Gasteiger partial charge in [0.2, 0.25) is 0 Å². The minimum absolute atomic E-state index is 0.000950. The molecule has 10 nitrogen and oxygen atoms in total. The summed E-state index contributed by atoms with van der Waals surface area (Å²) >= 11 is 0. The van der Waals surface area contributed by atoms with Gasteiger partial charge in [0.1, 0.15) is 16.9 Å². The van der Waals surface area contributed by atoms with Gasteiger partial charge in [-0.3, -0.25) is 15.0 Å². The van der Waals surface area contributed by atoms with Crippen LogP contribution in [0.2, 0.25) is 0 Å². The lowest BCUT2D eigenvalue weighted by Crippen LogP contribution is -2.30. The second-order valence-corrected chi connectivity index (χ2v) is 8.24. The third-order valence-electron chi connectivity index (χ3n) is 4.29. The molecule has 0 saturated carbocycles. The van der Waals surface area contributed by atoms with Gasteiger partial charge in [-0.15, -0.1) is 13.2 Å². The molecule has 192 valence electrons. The van der Waals surface area contributed by atoms with Gasteiger partial charge in [-0.05, 0) is 53.6 Å². The summed E-state index contributed by atoms with van der Waals surface area (Å²) in [5.41, 5.74) is -1.57. The third kappa shape index (κ3) is 10.2. The number of hydrogen-bond acceptors (Lipinski definition) is 8. The number of likely N-dealkylation sites (tertiary alicyclic amines) is 1. The Balaban J connectivity index is 0.000000546. The van der Waals surface area contributed by atoms with E-state index in [9.17, 15) is 32.9 Å². The lowest BCUT2D eigenvalue weighted by atomic mass is 10.1. The maximum absolute atomic E-state index is 12.7. The highest BCUT2D eigenvalue weighted by Crippen LogP contribution is 2.34. The molecule has 0 atom stereocenters. The fraction of sp³-hybridized carbons (Fsp3) is 0.619. The zero-order chi connectivity index (χ0) is 26.1. The summed E-state index contributed by atoms with van der Waals surface area (Å²) in [5, 5.41) is 13.6. The Morgan fingerprint density at radius 3 is 2.18 bits per heavy atom. The second-order valence-electron chi connectivity index (χ2n) is 8.24. The van der Waals surface area contributed by atoms with Crippen LogP contribution in [-0.4, -0.2) is 60.6 Å². The molecular formula is C21H30F3N3O7. The average molecular weight is 493 g/mol. The standard InChI is InChI=1S/C15H17F3N2O5.C6H13NO2/c1-2-24-14(21)11-8-13(25-15(16,17)18)10(7-12(11)20(22)23)9-19-5-3-4-6-19;1-6(2,3)9-5(8)7-4/h7-8H,2-6,9H2,1H3;1-4H3,(H,7,8). The Hall–Kier alpha value is -3.09. The smallest absolute Gasteiger partial charge is 0.462 e. The quantitative estimate of drug-likeness (QED) is 0.352. The summed E-state index contributed by atoms with van der Waals surface area (Å²) in [5.74, 6) is -1.71. The first kappa shape index (κ1) is 28.9. The number of nitro groups is 1. The Bertz CT molecular complexity index is 864. The van der Waals surface area contributed by atoms with Gasteiger partial charge < -0.3 is 19.5 Å². The van der Waals surface area contributed by atoms with Crippen LogP contribution in [0, 0.1) is 10.1 Å². The molecular weight excluding hydrogens is 463 g/mol. The summed E-state index contributed by atoms with van der Waals surface area (Å²) in [4.78, 5) is 34.6. The van der Waals surface area contributed by atoms with Crippen molar-refractivity contribution in [2.45, 2.75) is 59.0 Å². The maximum Gasteiger partial charge on any atom is 0.573 e. The van der Waals surface area contributed by atoms with Crippen molar-refractivity contribution in [3.63, 3.8) is 0 Å². The van der Waals surface area contributed by atoms with E-state index in [0.717, 1.165) is 25.0 Å². The molecule has 1 aromatic carbocycles. The van der Waals surface area contributed by atoms with Crippen LogP contribution in [-0.2, 0) is 16.0 Å². The van der Waals surface area contributed by atoms with Crippen LogP contribution in [0.25, 0.3) is 0 Å². The molecule has 0 unspecified atom stereocenters. The molecule has 0 aromatic heterocycles. The zero-order valence-corrected chi connectivity index (χ0v) is 19.8. The molecule has 34 heavy (non-hydrogen) atoms. The highest BCUT2D eigenvalue weighted by atomic mass is 19.4. The first-order chi connectivity index (χ1) is 15.7. The Kier molecular flexibility index (Phi) is 10.6. The Morgan fingerprint density at radius 1 is 1.18 bits per heavy atom. The van der Waals surface area contributed by atoms with Gasteiger partial charge >= 0.3 is 18.4 Å². The van der Waals surface area contributed by atoms with Crippen LogP contribution in [0.15, 0.2) is 12.1 Å². The lowest BCUT2D eigenvalue weighted by molar-refractivity contribution is -0.385. The molecule has 1 heterocycles. The lowest BCUT2D eigenvalue weighted by Gasteiger charge is -2.19. The number of carbonyl (C=O) groups is 2. The van der Waals surface area contributed by atoms with E-state index < -0.39 is 34.3 Å². The monoisotopic (exact) mass is 493 g/mol. The normalized spacial score (nSPS) is 14.0. The number of amides is 1. The van der Waals surface area contributed by atoms with Gasteiger partial charge in [0.15, 0.2) is 0 Å². The molecule has 1 N–H and O–H groups in total. The average Bonchev–Trinajstić information content (AvgIpc) is 3.20. The van der Waals surface area contributed by atoms with Crippen molar-refractivity contribution < 1.29 is 41.9 Å². The minimum atomic E-state index is -4.98. The molecule has 0 spiro atoms. The van der Waals surface area contributed by atoms with Crippen molar-refractivity contribution >= 4 is 17.7 Å². The summed E-state index contributed by atoms with van der Waals surface area (Å²) < 4.78 is 51.6. The van der Waals surface area contributed by atoms with E-state index in [0.29, 0.717) is 13.1 Å². The van der Waals surface area contributed by atoms with E-state index >= 15 is 0 Å². The second kappa shape index (κ2) is 12.4. The van der Waals surface area contributed by atoms with Crippen LogP contribution < -0.4 is 10.1 Å². The van der Waals surface area contributed by atoms with Crippen LogP contribution in [0.1, 0.15) is 56.5 Å². The first-order valence-corrected chi connectivity index (χ1v) is 10.5. The van der Waals surface area contributed by atoms with Gasteiger partial charge in [0, 0.05) is 31.3 Å². The van der Waals surface area contributed by atoms with Crippen molar-refractivity contribution in [3.05, 3.63) is 33.4 Å². The molecule has 1 aliphatic heterocycles. The van der Waals surface area contributed by atoms with E-state index in [1.54, 1.807) is 0 Å². The molecule has 1 amide bonds. The Morgan fingerprint density at radius 2 is 1.76 bits per heavy atom. The zero-order valence-electron chi connectivity index (χ0n) is 19.8. The fourth-order valence-electron chi connectivity index (χ4n) is 2.99. The number of ether oxygens (including phenoxy) is 3. The molecule has 13 heteroatoms. The molecule has 0 radical (unpaired) electrons. The topological polar surface area (TPSA) is 120 Å². The van der Waals surface area contributed by atoms with E-state index in [1.807, 2.05) is 25.7 Å². The summed E-state index contributed by atoms with van der Waals surface area (Å²) in [7, 11) is 1.54. The molecule has 0 aliphatic carbocycles. The number of alkyl carbamates (subject to hydrolysis) is 1. The number of nitrogens with zero attached hydrogens (tertiary/aromatic N) is 2. The fourth-order valence-corrected chi connectivity index (χ4v) is 2.99. The van der Waals surface area contributed by atoms with Gasteiger partial charge in [-0.25, -0.2) is 9.59 Å². The van der Waals surface area contributed by atoms with Crippen LogP contribution in [0.5, 0.6) is 5.75 Å². The number of carbonyl (C=O) groups excluding carboxylic acids is 2. The number of hydrogen-bond donors (Lipinski definition) is 1. The van der Waals surface area contributed by atoms with Gasteiger partial charge in [0.25, 0.3) is 5.69 Å². The van der Waals surface area contributed by atoms with Gasteiger partial charge in [-0.2, -0.15) is 0 Å². The largest absolute Gasteiger partial charge is 0.573 e. The highest BCUT2D eigenvalue weighted by Gasteiger charge is 2.35. The van der Waals surface area contributed by atoms with Crippen molar-refractivity contribution in [3.8, 4) is 5.75 Å². The predicted molar refractivity (Wildman–Crippen MR) is 116 cm³/mol. The summed E-state index contributed by atoms with van der Waals surface area (Å²) in [6.45, 7) is 8.30. The Labute approximate surface area is 195 Å². The number of halogens is 3. The number of esters is 1. The van der Waals surface area contributed by atoms with E-state index in [1.165, 1.54) is 14.0 Å². The van der Waals surface area contributed by atoms with E-state index in [4.69, 9.17) is 4.74 Å². The van der Waals surface area contributed by atoms with Crippen LogP contribution in [0.3, 0.4) is 0 Å². The van der Waals surface area contributed by atoms with E-state index in [-0.39, 0.29) is 30.4 Å².